The second kappa shape index (κ2) is 14.5. The van der Waals surface area contributed by atoms with Crippen LogP contribution in [0.4, 0.5) is 5.82 Å². The fourth-order valence-electron chi connectivity index (χ4n) is 6.13. The summed E-state index contributed by atoms with van der Waals surface area (Å²) in [5.74, 6) is 1.40. The molecule has 11 heteroatoms. The highest BCUT2D eigenvalue weighted by Gasteiger charge is 2.34. The van der Waals surface area contributed by atoms with Gasteiger partial charge in [0.15, 0.2) is 0 Å². The lowest BCUT2D eigenvalue weighted by atomic mass is 9.73. The maximum absolute atomic E-state index is 13.8. The molecule has 1 aliphatic carbocycles. The third-order valence-corrected chi connectivity index (χ3v) is 8.59. The summed E-state index contributed by atoms with van der Waals surface area (Å²) in [6.07, 6.45) is 13.2. The lowest BCUT2D eigenvalue weighted by Gasteiger charge is -2.33. The van der Waals surface area contributed by atoms with Gasteiger partial charge in [0.05, 0.1) is 36.2 Å². The summed E-state index contributed by atoms with van der Waals surface area (Å²) in [7, 11) is 1.89. The van der Waals surface area contributed by atoms with Gasteiger partial charge >= 0.3 is 0 Å². The van der Waals surface area contributed by atoms with Gasteiger partial charge in [0.1, 0.15) is 23.3 Å². The standard InChI is InChI=1S/C35H36N10O/c1-45-23-29(21-42-45)27-13-14-31(37-19-27)33(35(46)40-18-25-6-3-2-4-7-25)26-11-9-24(10-12-26)16-32-38-20-28(17-36)34(43-32)39-22-30-8-5-15-41-44-30/h2-8,13-15,19-21,23-24,26,33H,9-12,16,18,22H2,1H3,(H,40,46)(H,38,39,43). The first-order chi connectivity index (χ1) is 22.6. The van der Waals surface area contributed by atoms with Crippen molar-refractivity contribution in [1.82, 2.24) is 40.2 Å². The Morgan fingerprint density at radius 3 is 2.52 bits per heavy atom. The topological polar surface area (TPSA) is 147 Å². The molecule has 0 spiro atoms. The number of aromatic nitrogens is 7. The Hall–Kier alpha value is -5.50. The minimum absolute atomic E-state index is 0.00294. The maximum Gasteiger partial charge on any atom is 0.229 e. The van der Waals surface area contributed by atoms with E-state index in [2.05, 4.69) is 37.0 Å². The summed E-state index contributed by atoms with van der Waals surface area (Å²) in [6.45, 7) is 0.887. The summed E-state index contributed by atoms with van der Waals surface area (Å²) >= 11 is 0. The average Bonchev–Trinajstić information content (AvgIpc) is 3.54. The number of amides is 1. The fraction of sp³-hybridized carbons (Fsp3) is 0.314. The number of nitrogens with one attached hydrogen (secondary N) is 2. The Morgan fingerprint density at radius 2 is 1.83 bits per heavy atom. The number of benzene rings is 1. The van der Waals surface area contributed by atoms with Crippen LogP contribution in [0.15, 0.2) is 85.6 Å². The number of anilines is 1. The summed E-state index contributed by atoms with van der Waals surface area (Å²) < 4.78 is 1.77. The van der Waals surface area contributed by atoms with E-state index in [0.717, 1.165) is 53.8 Å². The van der Waals surface area contributed by atoms with Crippen LogP contribution in [-0.4, -0.2) is 40.8 Å². The zero-order valence-electron chi connectivity index (χ0n) is 25.8. The molecule has 5 aromatic rings. The highest BCUT2D eigenvalue weighted by Crippen LogP contribution is 2.39. The Morgan fingerprint density at radius 1 is 0.978 bits per heavy atom. The van der Waals surface area contributed by atoms with Crippen LogP contribution in [0.1, 0.15) is 59.9 Å². The molecule has 0 aliphatic heterocycles. The second-order valence-corrected chi connectivity index (χ2v) is 11.8. The first-order valence-corrected chi connectivity index (χ1v) is 15.6. The predicted molar refractivity (Wildman–Crippen MR) is 173 cm³/mol. The Labute approximate surface area is 268 Å². The van der Waals surface area contributed by atoms with Gasteiger partial charge in [-0.15, -0.1) is 0 Å². The van der Waals surface area contributed by atoms with E-state index in [-0.39, 0.29) is 17.7 Å². The van der Waals surface area contributed by atoms with E-state index < -0.39 is 0 Å². The molecule has 1 unspecified atom stereocenters. The summed E-state index contributed by atoms with van der Waals surface area (Å²) in [6, 6.07) is 19.8. The van der Waals surface area contributed by atoms with Gasteiger partial charge in [-0.25, -0.2) is 9.97 Å². The van der Waals surface area contributed by atoms with Crippen LogP contribution in [0.2, 0.25) is 0 Å². The molecule has 46 heavy (non-hydrogen) atoms. The predicted octanol–water partition coefficient (Wildman–Crippen LogP) is 4.99. The molecule has 4 heterocycles. The number of hydrogen-bond acceptors (Lipinski definition) is 9. The molecule has 1 aromatic carbocycles. The molecule has 1 amide bonds. The van der Waals surface area contributed by atoms with Crippen molar-refractivity contribution in [1.29, 1.82) is 5.26 Å². The van der Waals surface area contributed by atoms with Crippen LogP contribution < -0.4 is 10.6 Å². The van der Waals surface area contributed by atoms with E-state index >= 15 is 0 Å². The third kappa shape index (κ3) is 7.58. The molecule has 0 radical (unpaired) electrons. The highest BCUT2D eigenvalue weighted by molar-refractivity contribution is 5.83. The van der Waals surface area contributed by atoms with Gasteiger partial charge in [-0.2, -0.15) is 20.6 Å². The highest BCUT2D eigenvalue weighted by atomic mass is 16.1. The molecule has 232 valence electrons. The van der Waals surface area contributed by atoms with E-state index in [4.69, 9.17) is 9.97 Å². The molecule has 2 N–H and O–H groups in total. The molecule has 1 aliphatic rings. The molecule has 0 bridgehead atoms. The maximum atomic E-state index is 13.8. The SMILES string of the molecule is Cn1cc(-c2ccc(C(C(=O)NCc3ccccc3)C3CCC(Cc4ncc(C#N)c(NCc5cccnn5)n4)CC3)nc2)cn1. The Bertz CT molecular complexity index is 1780. The quantitative estimate of drug-likeness (QED) is 0.210. The van der Waals surface area contributed by atoms with Gasteiger partial charge in [0, 0.05) is 49.7 Å². The minimum Gasteiger partial charge on any atom is -0.363 e. The van der Waals surface area contributed by atoms with Crippen molar-refractivity contribution >= 4 is 11.7 Å². The number of nitriles is 1. The number of carbonyl (C=O) groups is 1. The van der Waals surface area contributed by atoms with Crippen molar-refractivity contribution in [2.45, 2.75) is 51.1 Å². The van der Waals surface area contributed by atoms with Crippen molar-refractivity contribution in [3.05, 3.63) is 114 Å². The van der Waals surface area contributed by atoms with Crippen molar-refractivity contribution < 1.29 is 4.79 Å². The van der Waals surface area contributed by atoms with Crippen molar-refractivity contribution in [3.8, 4) is 17.2 Å². The summed E-state index contributed by atoms with van der Waals surface area (Å²) in [5, 5.41) is 28.3. The minimum atomic E-state index is -0.351. The van der Waals surface area contributed by atoms with Crippen LogP contribution in [0.5, 0.6) is 0 Å². The molecule has 4 aromatic heterocycles. The fourth-order valence-corrected chi connectivity index (χ4v) is 6.13. The van der Waals surface area contributed by atoms with Gasteiger partial charge in [-0.3, -0.25) is 14.5 Å². The number of aryl methyl sites for hydroxylation is 1. The third-order valence-electron chi connectivity index (χ3n) is 8.59. The molecule has 1 saturated carbocycles. The smallest absolute Gasteiger partial charge is 0.229 e. The van der Waals surface area contributed by atoms with E-state index in [1.165, 1.54) is 0 Å². The number of hydrogen-bond donors (Lipinski definition) is 2. The first-order valence-electron chi connectivity index (χ1n) is 15.6. The lowest BCUT2D eigenvalue weighted by Crippen LogP contribution is -2.35. The summed E-state index contributed by atoms with van der Waals surface area (Å²) in [4.78, 5) is 27.8. The van der Waals surface area contributed by atoms with Gasteiger partial charge in [-0.1, -0.05) is 36.4 Å². The second-order valence-electron chi connectivity index (χ2n) is 11.8. The number of rotatable bonds is 11. The number of pyridine rings is 1. The Balaban J connectivity index is 1.13. The van der Waals surface area contributed by atoms with Crippen LogP contribution in [0.25, 0.3) is 11.1 Å². The zero-order valence-corrected chi connectivity index (χ0v) is 25.8. The normalized spacial score (nSPS) is 16.7. The molecule has 1 atom stereocenters. The molecular weight excluding hydrogens is 576 g/mol. The number of carbonyl (C=O) groups excluding carboxylic acids is 1. The van der Waals surface area contributed by atoms with Crippen LogP contribution >= 0.6 is 0 Å². The Kier molecular flexibility index (Phi) is 9.63. The zero-order chi connectivity index (χ0) is 31.7. The summed E-state index contributed by atoms with van der Waals surface area (Å²) in [5.41, 5.74) is 4.96. The van der Waals surface area contributed by atoms with E-state index in [0.29, 0.717) is 42.6 Å². The van der Waals surface area contributed by atoms with Crippen molar-refractivity contribution in [2.24, 2.45) is 18.9 Å². The van der Waals surface area contributed by atoms with Gasteiger partial charge < -0.3 is 10.6 Å². The van der Waals surface area contributed by atoms with E-state index in [9.17, 15) is 10.1 Å². The van der Waals surface area contributed by atoms with Crippen molar-refractivity contribution in [3.63, 3.8) is 0 Å². The van der Waals surface area contributed by atoms with Gasteiger partial charge in [-0.05, 0) is 61.3 Å². The molecule has 0 saturated heterocycles. The number of nitrogens with zero attached hydrogens (tertiary/aromatic N) is 8. The van der Waals surface area contributed by atoms with E-state index in [1.807, 2.05) is 80.2 Å². The monoisotopic (exact) mass is 612 g/mol. The van der Waals surface area contributed by atoms with Crippen molar-refractivity contribution in [2.75, 3.05) is 5.32 Å². The first kappa shape index (κ1) is 30.5. The van der Waals surface area contributed by atoms with Gasteiger partial charge in [0.2, 0.25) is 5.91 Å². The lowest BCUT2D eigenvalue weighted by molar-refractivity contribution is -0.124. The average molecular weight is 613 g/mol. The van der Waals surface area contributed by atoms with Gasteiger partial charge in [0.25, 0.3) is 0 Å². The molecule has 1 fully saturated rings. The van der Waals surface area contributed by atoms with Crippen LogP contribution in [-0.2, 0) is 31.4 Å². The largest absolute Gasteiger partial charge is 0.363 e. The molecular formula is C35H36N10O. The molecule has 11 nitrogen and oxygen atoms in total. The molecule has 6 rings (SSSR count). The van der Waals surface area contributed by atoms with Crippen LogP contribution in [0, 0.1) is 23.2 Å². The van der Waals surface area contributed by atoms with Crippen LogP contribution in [0.3, 0.4) is 0 Å². The van der Waals surface area contributed by atoms with E-state index in [1.54, 1.807) is 17.1 Å².